The van der Waals surface area contributed by atoms with Crippen molar-refractivity contribution in [2.24, 2.45) is 5.92 Å². The van der Waals surface area contributed by atoms with E-state index in [0.29, 0.717) is 13.0 Å². The SMILES string of the molecule is CC(C)(C)OC(=O)C[C@@H](Cc1ccccc1)[C@H]1COC(C)(C)N1C(=O)OCC1c2ccccc2-c2ccccc21. The Balaban J connectivity index is 1.37. The van der Waals surface area contributed by atoms with Crippen LogP contribution in [0.4, 0.5) is 4.79 Å². The number of hydrogen-bond acceptors (Lipinski definition) is 5. The molecule has 0 radical (unpaired) electrons. The van der Waals surface area contributed by atoms with E-state index in [2.05, 4.69) is 24.3 Å². The van der Waals surface area contributed by atoms with Crippen LogP contribution < -0.4 is 0 Å². The summed E-state index contributed by atoms with van der Waals surface area (Å²) in [4.78, 5) is 28.5. The number of amides is 1. The second kappa shape index (κ2) is 11.1. The average Bonchev–Trinajstić information content (AvgIpc) is 3.40. The lowest BCUT2D eigenvalue weighted by Gasteiger charge is -2.36. The minimum absolute atomic E-state index is 0.0386. The fraction of sp³-hybridized carbons (Fsp3) is 0.412. The molecule has 1 heterocycles. The maximum Gasteiger partial charge on any atom is 0.412 e. The van der Waals surface area contributed by atoms with Gasteiger partial charge in [-0.1, -0.05) is 78.9 Å². The number of nitrogens with zero attached hydrogens (tertiary/aromatic N) is 1. The van der Waals surface area contributed by atoms with E-state index in [1.54, 1.807) is 4.90 Å². The summed E-state index contributed by atoms with van der Waals surface area (Å²) in [6.07, 6.45) is 0.345. The predicted octanol–water partition coefficient (Wildman–Crippen LogP) is 6.96. The lowest BCUT2D eigenvalue weighted by Crippen LogP contribution is -2.51. The maximum atomic E-state index is 13.8. The normalized spacial score (nSPS) is 18.6. The molecule has 0 unspecified atom stereocenters. The third-order valence-electron chi connectivity index (χ3n) is 7.79. The van der Waals surface area contributed by atoms with Crippen molar-refractivity contribution in [1.29, 1.82) is 0 Å². The summed E-state index contributed by atoms with van der Waals surface area (Å²) in [6.45, 7) is 9.88. The van der Waals surface area contributed by atoms with Gasteiger partial charge in [-0.15, -0.1) is 0 Å². The van der Waals surface area contributed by atoms with Crippen LogP contribution in [0.15, 0.2) is 78.9 Å². The molecule has 3 aromatic carbocycles. The number of esters is 1. The van der Waals surface area contributed by atoms with Crippen LogP contribution in [0.2, 0.25) is 0 Å². The predicted molar refractivity (Wildman–Crippen MR) is 155 cm³/mol. The van der Waals surface area contributed by atoms with Gasteiger partial charge < -0.3 is 14.2 Å². The quantitative estimate of drug-likeness (QED) is 0.303. The van der Waals surface area contributed by atoms with E-state index >= 15 is 0 Å². The first-order valence-corrected chi connectivity index (χ1v) is 14.1. The first-order chi connectivity index (χ1) is 19.0. The molecule has 1 fully saturated rings. The van der Waals surface area contributed by atoms with Crippen molar-refractivity contribution in [2.75, 3.05) is 13.2 Å². The largest absolute Gasteiger partial charge is 0.460 e. The highest BCUT2D eigenvalue weighted by molar-refractivity contribution is 5.79. The summed E-state index contributed by atoms with van der Waals surface area (Å²) in [6, 6.07) is 26.3. The molecule has 1 saturated heterocycles. The van der Waals surface area contributed by atoms with Gasteiger partial charge in [0.05, 0.1) is 19.1 Å². The smallest absolute Gasteiger partial charge is 0.412 e. The fourth-order valence-corrected chi connectivity index (χ4v) is 6.06. The van der Waals surface area contributed by atoms with Crippen molar-refractivity contribution in [3.63, 3.8) is 0 Å². The van der Waals surface area contributed by atoms with Gasteiger partial charge >= 0.3 is 12.1 Å². The van der Waals surface area contributed by atoms with Crippen molar-refractivity contribution in [1.82, 2.24) is 4.90 Å². The molecule has 2 atom stereocenters. The van der Waals surface area contributed by atoms with Crippen LogP contribution in [0, 0.1) is 5.92 Å². The van der Waals surface area contributed by atoms with Gasteiger partial charge in [0.15, 0.2) is 0 Å². The Bertz CT molecular complexity index is 1310. The van der Waals surface area contributed by atoms with Crippen molar-refractivity contribution in [3.05, 3.63) is 95.6 Å². The number of ether oxygens (including phenoxy) is 3. The molecule has 1 aliphatic carbocycles. The molecule has 6 nitrogen and oxygen atoms in total. The molecule has 0 N–H and O–H groups in total. The number of fused-ring (bicyclic) bond motifs is 3. The number of carbonyl (C=O) groups is 2. The number of carbonyl (C=O) groups excluding carboxylic acids is 2. The Morgan fingerprint density at radius 2 is 1.50 bits per heavy atom. The highest BCUT2D eigenvalue weighted by Gasteiger charge is 2.48. The summed E-state index contributed by atoms with van der Waals surface area (Å²) in [7, 11) is 0. The summed E-state index contributed by atoms with van der Waals surface area (Å²) in [5.74, 6) is -0.534. The van der Waals surface area contributed by atoms with Crippen LogP contribution in [0.3, 0.4) is 0 Å². The van der Waals surface area contributed by atoms with E-state index in [1.807, 2.05) is 89.2 Å². The minimum Gasteiger partial charge on any atom is -0.460 e. The summed E-state index contributed by atoms with van der Waals surface area (Å²) in [5, 5.41) is 0. The maximum absolute atomic E-state index is 13.8. The summed E-state index contributed by atoms with van der Waals surface area (Å²) in [5.41, 5.74) is 4.31. The highest BCUT2D eigenvalue weighted by Crippen LogP contribution is 2.45. The molecule has 1 aliphatic heterocycles. The Hall–Kier alpha value is -3.64. The van der Waals surface area contributed by atoms with E-state index in [-0.39, 0.29) is 36.9 Å². The fourth-order valence-electron chi connectivity index (χ4n) is 6.06. The van der Waals surface area contributed by atoms with Crippen molar-refractivity contribution >= 4 is 12.1 Å². The van der Waals surface area contributed by atoms with Gasteiger partial charge in [-0.25, -0.2) is 4.79 Å². The van der Waals surface area contributed by atoms with Gasteiger partial charge in [-0.3, -0.25) is 9.69 Å². The molecule has 5 rings (SSSR count). The first kappa shape index (κ1) is 27.9. The van der Waals surface area contributed by atoms with Gasteiger partial charge in [0.25, 0.3) is 0 Å². The number of rotatable bonds is 7. The van der Waals surface area contributed by atoms with Crippen LogP contribution in [-0.4, -0.2) is 47.5 Å². The molecule has 2 aliphatic rings. The molecule has 210 valence electrons. The Morgan fingerprint density at radius 1 is 0.925 bits per heavy atom. The lowest BCUT2D eigenvalue weighted by molar-refractivity contribution is -0.156. The third-order valence-corrected chi connectivity index (χ3v) is 7.79. The van der Waals surface area contributed by atoms with Crippen LogP contribution in [0.1, 0.15) is 63.6 Å². The monoisotopic (exact) mass is 541 g/mol. The Kier molecular flexibility index (Phi) is 7.74. The van der Waals surface area contributed by atoms with Crippen LogP contribution in [0.25, 0.3) is 11.1 Å². The first-order valence-electron chi connectivity index (χ1n) is 14.1. The number of hydrogen-bond donors (Lipinski definition) is 0. The van der Waals surface area contributed by atoms with Crippen molar-refractivity contribution in [3.8, 4) is 11.1 Å². The van der Waals surface area contributed by atoms with Crippen LogP contribution in [-0.2, 0) is 25.4 Å². The van der Waals surface area contributed by atoms with Crippen molar-refractivity contribution in [2.45, 2.75) is 70.7 Å². The highest BCUT2D eigenvalue weighted by atomic mass is 16.6. The zero-order valence-electron chi connectivity index (χ0n) is 24.1. The molecular weight excluding hydrogens is 502 g/mol. The van der Waals surface area contributed by atoms with Gasteiger partial charge in [-0.2, -0.15) is 0 Å². The van der Waals surface area contributed by atoms with E-state index in [9.17, 15) is 9.59 Å². The minimum atomic E-state index is -0.879. The van der Waals surface area contributed by atoms with Crippen molar-refractivity contribution < 1.29 is 23.8 Å². The molecule has 40 heavy (non-hydrogen) atoms. The summed E-state index contributed by atoms with van der Waals surface area (Å²) >= 11 is 0. The molecule has 3 aromatic rings. The molecular formula is C34H39NO5. The second-order valence-corrected chi connectivity index (χ2v) is 12.2. The van der Waals surface area contributed by atoms with E-state index in [1.165, 1.54) is 11.1 Å². The zero-order chi connectivity index (χ0) is 28.5. The van der Waals surface area contributed by atoms with E-state index < -0.39 is 17.4 Å². The summed E-state index contributed by atoms with van der Waals surface area (Å²) < 4.78 is 17.9. The van der Waals surface area contributed by atoms with Gasteiger partial charge in [-0.05, 0) is 74.8 Å². The molecule has 0 spiro atoms. The second-order valence-electron chi connectivity index (χ2n) is 12.2. The van der Waals surface area contributed by atoms with E-state index in [0.717, 1.165) is 16.7 Å². The topological polar surface area (TPSA) is 65.1 Å². The standard InChI is InChI=1S/C34H39NO5/c1-33(2,3)40-31(36)20-24(19-23-13-7-6-8-14-23)30-22-39-34(4,5)35(30)32(37)38-21-29-27-17-11-9-15-25(27)26-16-10-12-18-28(26)29/h6-18,24,29-30H,19-22H2,1-5H3/t24-,30-/m1/s1. The zero-order valence-corrected chi connectivity index (χ0v) is 24.1. The van der Waals surface area contributed by atoms with Crippen LogP contribution in [0.5, 0.6) is 0 Å². The molecule has 0 aromatic heterocycles. The van der Waals surface area contributed by atoms with Gasteiger partial charge in [0.1, 0.15) is 17.9 Å². The molecule has 1 amide bonds. The molecule has 0 bridgehead atoms. The lowest BCUT2D eigenvalue weighted by atomic mass is 9.88. The van der Waals surface area contributed by atoms with Gasteiger partial charge in [0.2, 0.25) is 0 Å². The third kappa shape index (κ3) is 5.92. The van der Waals surface area contributed by atoms with E-state index in [4.69, 9.17) is 14.2 Å². The Labute approximate surface area is 237 Å². The van der Waals surface area contributed by atoms with Gasteiger partial charge in [0, 0.05) is 5.92 Å². The Morgan fingerprint density at radius 3 is 2.10 bits per heavy atom. The molecule has 6 heteroatoms. The van der Waals surface area contributed by atoms with Crippen LogP contribution >= 0.6 is 0 Å². The number of benzene rings is 3. The molecule has 0 saturated carbocycles. The average molecular weight is 542 g/mol.